The van der Waals surface area contributed by atoms with Gasteiger partial charge in [-0.05, 0) is 25.1 Å². The van der Waals surface area contributed by atoms with Crippen molar-refractivity contribution in [3.8, 4) is 0 Å². The maximum absolute atomic E-state index is 11.8. The number of aliphatic hydroxyl groups is 1. The summed E-state index contributed by atoms with van der Waals surface area (Å²) in [5.41, 5.74) is -0.553. The molecule has 4 N–H and O–H groups in total. The summed E-state index contributed by atoms with van der Waals surface area (Å²) in [5.74, 6) is -1.90. The van der Waals surface area contributed by atoms with Gasteiger partial charge in [-0.3, -0.25) is 4.79 Å². The topological polar surface area (TPSA) is 128 Å². The molecule has 0 bridgehead atoms. The molecule has 2 aromatic rings. The lowest BCUT2D eigenvalue weighted by Crippen LogP contribution is -2.46. The summed E-state index contributed by atoms with van der Waals surface area (Å²) in [6.45, 7) is 0.717. The summed E-state index contributed by atoms with van der Waals surface area (Å²) in [4.78, 5) is 22.5. The Hall–Kier alpha value is -2.48. The Bertz CT molecular complexity index is 634. The number of carbonyl (C=O) groups excluding carboxylic acids is 1. The Labute approximate surface area is 107 Å². The van der Waals surface area contributed by atoms with Gasteiger partial charge >= 0.3 is 5.97 Å². The highest BCUT2D eigenvalue weighted by Gasteiger charge is 2.30. The number of hydrogen-bond acceptors (Lipinski definition) is 5. The van der Waals surface area contributed by atoms with Gasteiger partial charge in [-0.25, -0.2) is 4.79 Å². The Kier molecular flexibility index (Phi) is 3.17. The Morgan fingerprint density at radius 1 is 1.37 bits per heavy atom. The largest absolute Gasteiger partial charge is 0.479 e. The van der Waals surface area contributed by atoms with Gasteiger partial charge < -0.3 is 15.5 Å². The lowest BCUT2D eigenvalue weighted by atomic mass is 10.1. The van der Waals surface area contributed by atoms with E-state index in [1.54, 1.807) is 6.07 Å². The van der Waals surface area contributed by atoms with Gasteiger partial charge in [0, 0.05) is 5.56 Å². The Morgan fingerprint density at radius 3 is 2.74 bits per heavy atom. The maximum atomic E-state index is 11.8. The van der Waals surface area contributed by atoms with Crippen LogP contribution < -0.4 is 5.32 Å². The summed E-state index contributed by atoms with van der Waals surface area (Å²) < 4.78 is 0. The standard InChI is InChI=1S/C11H12N4O4/c1-11(19,10(17)18)5-12-9(16)6-2-3-7-8(4-6)14-15-13-7/h2-4,19H,5H2,1H3,(H,12,16)(H,17,18)(H,13,14,15). The molecule has 0 aliphatic rings. The summed E-state index contributed by atoms with van der Waals surface area (Å²) in [6.07, 6.45) is 0. The molecule has 0 spiro atoms. The molecule has 1 amide bonds. The van der Waals surface area contributed by atoms with Crippen LogP contribution in [0.3, 0.4) is 0 Å². The molecule has 1 atom stereocenters. The molecular weight excluding hydrogens is 252 g/mol. The van der Waals surface area contributed by atoms with Crippen molar-refractivity contribution in [2.24, 2.45) is 0 Å². The van der Waals surface area contributed by atoms with E-state index in [1.807, 2.05) is 0 Å². The molecular formula is C11H12N4O4. The molecule has 0 aliphatic carbocycles. The average molecular weight is 264 g/mol. The number of amides is 1. The highest BCUT2D eigenvalue weighted by atomic mass is 16.4. The monoisotopic (exact) mass is 264 g/mol. The minimum atomic E-state index is -2.01. The zero-order chi connectivity index (χ0) is 14.0. The third-order valence-corrected chi connectivity index (χ3v) is 2.63. The van der Waals surface area contributed by atoms with Crippen LogP contribution in [0, 0.1) is 0 Å². The van der Waals surface area contributed by atoms with Crippen molar-refractivity contribution in [2.45, 2.75) is 12.5 Å². The molecule has 8 nitrogen and oxygen atoms in total. The van der Waals surface area contributed by atoms with E-state index in [1.165, 1.54) is 12.1 Å². The number of fused-ring (bicyclic) bond motifs is 1. The zero-order valence-electron chi connectivity index (χ0n) is 10.0. The van der Waals surface area contributed by atoms with E-state index in [0.717, 1.165) is 6.92 Å². The van der Waals surface area contributed by atoms with Gasteiger partial charge in [0.15, 0.2) is 5.60 Å². The first-order chi connectivity index (χ1) is 8.90. The molecule has 1 aromatic carbocycles. The Balaban J connectivity index is 2.09. The van der Waals surface area contributed by atoms with Gasteiger partial charge in [0.05, 0.1) is 6.54 Å². The first-order valence-electron chi connectivity index (χ1n) is 5.45. The van der Waals surface area contributed by atoms with Gasteiger partial charge in [-0.1, -0.05) is 0 Å². The van der Waals surface area contributed by atoms with E-state index < -0.39 is 24.0 Å². The highest BCUT2D eigenvalue weighted by Crippen LogP contribution is 2.10. The molecule has 0 saturated carbocycles. The number of nitrogens with one attached hydrogen (secondary N) is 2. The number of carboxylic acid groups (broad SMARTS) is 1. The van der Waals surface area contributed by atoms with Gasteiger partial charge in [-0.2, -0.15) is 15.4 Å². The molecule has 1 aromatic heterocycles. The van der Waals surface area contributed by atoms with Crippen molar-refractivity contribution in [3.63, 3.8) is 0 Å². The number of carbonyl (C=O) groups is 2. The van der Waals surface area contributed by atoms with Crippen molar-refractivity contribution in [1.82, 2.24) is 20.7 Å². The van der Waals surface area contributed by atoms with E-state index in [2.05, 4.69) is 20.7 Å². The molecule has 8 heteroatoms. The third kappa shape index (κ3) is 2.68. The highest BCUT2D eigenvalue weighted by molar-refractivity contribution is 5.97. The third-order valence-electron chi connectivity index (χ3n) is 2.63. The first-order valence-corrected chi connectivity index (χ1v) is 5.45. The molecule has 2 rings (SSSR count). The van der Waals surface area contributed by atoms with E-state index in [9.17, 15) is 14.7 Å². The van der Waals surface area contributed by atoms with Crippen molar-refractivity contribution in [3.05, 3.63) is 23.8 Å². The van der Waals surface area contributed by atoms with Crippen LogP contribution in [0.4, 0.5) is 0 Å². The second-order valence-corrected chi connectivity index (χ2v) is 4.29. The molecule has 1 heterocycles. The lowest BCUT2D eigenvalue weighted by molar-refractivity contribution is -0.155. The second kappa shape index (κ2) is 4.65. The van der Waals surface area contributed by atoms with Gasteiger partial charge in [0.25, 0.3) is 5.91 Å². The summed E-state index contributed by atoms with van der Waals surface area (Å²) in [6, 6.07) is 4.67. The number of aromatic amines is 1. The van der Waals surface area contributed by atoms with Crippen molar-refractivity contribution in [2.75, 3.05) is 6.54 Å². The first kappa shape index (κ1) is 13.0. The molecule has 0 aliphatic heterocycles. The maximum Gasteiger partial charge on any atom is 0.337 e. The minimum Gasteiger partial charge on any atom is -0.479 e. The number of aromatic nitrogens is 3. The van der Waals surface area contributed by atoms with E-state index in [-0.39, 0.29) is 0 Å². The molecule has 100 valence electrons. The zero-order valence-corrected chi connectivity index (χ0v) is 10.0. The number of carboxylic acids is 1. The smallest absolute Gasteiger partial charge is 0.337 e. The van der Waals surface area contributed by atoms with E-state index >= 15 is 0 Å². The fourth-order valence-corrected chi connectivity index (χ4v) is 1.41. The molecule has 19 heavy (non-hydrogen) atoms. The van der Waals surface area contributed by atoms with Gasteiger partial charge in [0.2, 0.25) is 0 Å². The van der Waals surface area contributed by atoms with Gasteiger partial charge in [0.1, 0.15) is 11.0 Å². The summed E-state index contributed by atoms with van der Waals surface area (Å²) in [7, 11) is 0. The van der Waals surface area contributed by atoms with Crippen LogP contribution in [0.25, 0.3) is 11.0 Å². The van der Waals surface area contributed by atoms with Crippen molar-refractivity contribution >= 4 is 22.9 Å². The number of aliphatic carboxylic acids is 1. The van der Waals surface area contributed by atoms with E-state index in [4.69, 9.17) is 5.11 Å². The quantitative estimate of drug-likeness (QED) is 0.590. The number of H-pyrrole nitrogens is 1. The molecule has 1 unspecified atom stereocenters. The summed E-state index contributed by atoms with van der Waals surface area (Å²) in [5, 5.41) is 30.7. The second-order valence-electron chi connectivity index (χ2n) is 4.29. The molecule has 0 saturated heterocycles. The van der Waals surface area contributed by atoms with Crippen molar-refractivity contribution in [1.29, 1.82) is 0 Å². The Morgan fingerprint density at radius 2 is 2.05 bits per heavy atom. The minimum absolute atomic E-state index is 0.308. The predicted octanol–water partition coefficient (Wildman–Crippen LogP) is -0.477. The van der Waals surface area contributed by atoms with E-state index in [0.29, 0.717) is 16.6 Å². The molecule has 0 fully saturated rings. The van der Waals surface area contributed by atoms with Crippen LogP contribution in [0.1, 0.15) is 17.3 Å². The van der Waals surface area contributed by atoms with Crippen LogP contribution in [-0.4, -0.2) is 49.6 Å². The van der Waals surface area contributed by atoms with Crippen LogP contribution in [0.5, 0.6) is 0 Å². The normalized spacial score (nSPS) is 14.0. The van der Waals surface area contributed by atoms with Crippen LogP contribution in [0.2, 0.25) is 0 Å². The fourth-order valence-electron chi connectivity index (χ4n) is 1.41. The number of nitrogens with zero attached hydrogens (tertiary/aromatic N) is 2. The predicted molar refractivity (Wildman–Crippen MR) is 64.5 cm³/mol. The average Bonchev–Trinajstić information content (AvgIpc) is 2.82. The number of hydrogen-bond donors (Lipinski definition) is 4. The fraction of sp³-hybridized carbons (Fsp3) is 0.273. The van der Waals surface area contributed by atoms with Crippen molar-refractivity contribution < 1.29 is 19.8 Å². The van der Waals surface area contributed by atoms with Crippen LogP contribution >= 0.6 is 0 Å². The SMILES string of the molecule is CC(O)(CNC(=O)c1ccc2n[nH]nc2c1)C(=O)O. The van der Waals surface area contributed by atoms with Crippen LogP contribution in [0.15, 0.2) is 18.2 Å². The number of benzene rings is 1. The van der Waals surface area contributed by atoms with Gasteiger partial charge in [-0.15, -0.1) is 0 Å². The molecule has 0 radical (unpaired) electrons. The lowest BCUT2D eigenvalue weighted by Gasteiger charge is -2.18. The summed E-state index contributed by atoms with van der Waals surface area (Å²) >= 11 is 0. The van der Waals surface area contributed by atoms with Crippen LogP contribution in [-0.2, 0) is 4.79 Å². The number of rotatable bonds is 4.